The van der Waals surface area contributed by atoms with Gasteiger partial charge in [-0.05, 0) is 26.7 Å². The van der Waals surface area contributed by atoms with Gasteiger partial charge in [-0.3, -0.25) is 10.1 Å². The minimum Gasteiger partial charge on any atom is -0.377 e. The van der Waals surface area contributed by atoms with Crippen molar-refractivity contribution < 1.29 is 18.3 Å². The number of nitrogens with zero attached hydrogens (tertiary/aromatic N) is 1. The fourth-order valence-electron chi connectivity index (χ4n) is 2.92. The van der Waals surface area contributed by atoms with Gasteiger partial charge in [0.15, 0.2) is 0 Å². The summed E-state index contributed by atoms with van der Waals surface area (Å²) in [6.07, 6.45) is 1.56. The largest absolute Gasteiger partial charge is 0.377 e. The number of piperidine rings is 1. The van der Waals surface area contributed by atoms with Crippen molar-refractivity contribution in [2.75, 3.05) is 32.8 Å². The molecule has 0 aromatic heterocycles. The minimum absolute atomic E-state index is 0. The van der Waals surface area contributed by atoms with Gasteiger partial charge in [0.05, 0.1) is 25.3 Å². The number of rotatable bonds is 6. The van der Waals surface area contributed by atoms with Gasteiger partial charge < -0.3 is 15.0 Å². The van der Waals surface area contributed by atoms with E-state index < -0.39 is 24.9 Å². The van der Waals surface area contributed by atoms with Crippen LogP contribution in [0, 0.1) is 0 Å². The van der Waals surface area contributed by atoms with E-state index in [0.717, 1.165) is 39.1 Å². The summed E-state index contributed by atoms with van der Waals surface area (Å²) < 4.78 is 31.7. The average Bonchev–Trinajstić information content (AvgIpc) is 2.81. The van der Waals surface area contributed by atoms with Crippen molar-refractivity contribution in [3.63, 3.8) is 0 Å². The highest BCUT2D eigenvalue weighted by molar-refractivity contribution is 5.85. The van der Waals surface area contributed by atoms with Gasteiger partial charge in [0.2, 0.25) is 5.91 Å². The average molecular weight is 392 g/mol. The van der Waals surface area contributed by atoms with Crippen LogP contribution in [0.25, 0.3) is 0 Å². The first-order valence-corrected chi connectivity index (χ1v) is 8.11. The predicted octanol–water partition coefficient (Wildman–Crippen LogP) is 1.83. The van der Waals surface area contributed by atoms with Crippen molar-refractivity contribution in [1.29, 1.82) is 0 Å². The highest BCUT2D eigenvalue weighted by Crippen LogP contribution is 2.25. The lowest BCUT2D eigenvalue weighted by atomic mass is 10.0. The molecule has 0 aliphatic carbocycles. The van der Waals surface area contributed by atoms with Gasteiger partial charge in [-0.1, -0.05) is 0 Å². The molecule has 2 saturated heterocycles. The molecule has 0 spiro atoms. The normalized spacial score (nSPS) is 24.3. The smallest absolute Gasteiger partial charge is 0.262 e. The molecule has 0 bridgehead atoms. The Balaban J connectivity index is 0.00000264. The molecule has 2 heterocycles. The van der Waals surface area contributed by atoms with Crippen molar-refractivity contribution in [1.82, 2.24) is 15.5 Å². The Morgan fingerprint density at radius 1 is 1.33 bits per heavy atom. The fourth-order valence-corrected chi connectivity index (χ4v) is 2.92. The number of hydrogen-bond donors (Lipinski definition) is 2. The van der Waals surface area contributed by atoms with E-state index in [-0.39, 0.29) is 42.9 Å². The standard InChI is InChI=1S/C15H27F2N3O2.2ClH/c1-11(2)22-8-7-20-5-3-12(4-6-20)19-14(21)13-9-15(16,17)10-18-13;;/h11-13,18H,3-10H2,1-2H3,(H,19,21);2*1H. The van der Waals surface area contributed by atoms with Crippen molar-refractivity contribution in [2.24, 2.45) is 0 Å². The first kappa shape index (κ1) is 23.8. The lowest BCUT2D eigenvalue weighted by Crippen LogP contribution is -2.49. The van der Waals surface area contributed by atoms with E-state index in [1.54, 1.807) is 0 Å². The Morgan fingerprint density at radius 3 is 2.46 bits per heavy atom. The Kier molecular flexibility index (Phi) is 10.6. The number of hydrogen-bond acceptors (Lipinski definition) is 4. The van der Waals surface area contributed by atoms with Crippen molar-refractivity contribution in [3.05, 3.63) is 0 Å². The van der Waals surface area contributed by atoms with Crippen molar-refractivity contribution >= 4 is 30.7 Å². The molecule has 0 radical (unpaired) electrons. The molecule has 2 fully saturated rings. The molecule has 2 aliphatic heterocycles. The summed E-state index contributed by atoms with van der Waals surface area (Å²) in [7, 11) is 0. The van der Waals surface area contributed by atoms with Crippen LogP contribution in [0.2, 0.25) is 0 Å². The molecule has 2 aliphatic rings. The van der Waals surface area contributed by atoms with Crippen LogP contribution in [0.1, 0.15) is 33.1 Å². The van der Waals surface area contributed by atoms with Gasteiger partial charge in [-0.15, -0.1) is 24.8 Å². The maximum absolute atomic E-state index is 13.1. The number of likely N-dealkylation sites (tertiary alicyclic amines) is 1. The number of alkyl halides is 2. The molecule has 24 heavy (non-hydrogen) atoms. The van der Waals surface area contributed by atoms with Gasteiger partial charge in [-0.2, -0.15) is 0 Å². The minimum atomic E-state index is -2.76. The quantitative estimate of drug-likeness (QED) is 0.725. The number of halogens is 4. The number of carbonyl (C=O) groups is 1. The lowest BCUT2D eigenvalue weighted by Gasteiger charge is -2.32. The second-order valence-corrected chi connectivity index (χ2v) is 6.54. The van der Waals surface area contributed by atoms with Crippen LogP contribution in [0.3, 0.4) is 0 Å². The van der Waals surface area contributed by atoms with Gasteiger partial charge >= 0.3 is 0 Å². The zero-order valence-electron chi connectivity index (χ0n) is 14.2. The summed E-state index contributed by atoms with van der Waals surface area (Å²) >= 11 is 0. The van der Waals surface area contributed by atoms with Crippen LogP contribution < -0.4 is 10.6 Å². The van der Waals surface area contributed by atoms with Crippen LogP contribution in [-0.4, -0.2) is 67.7 Å². The molecule has 0 saturated carbocycles. The van der Waals surface area contributed by atoms with E-state index in [0.29, 0.717) is 0 Å². The summed E-state index contributed by atoms with van der Waals surface area (Å²) in [5.74, 6) is -3.05. The molecule has 2 rings (SSSR count). The van der Waals surface area contributed by atoms with E-state index in [9.17, 15) is 13.6 Å². The topological polar surface area (TPSA) is 53.6 Å². The lowest BCUT2D eigenvalue weighted by molar-refractivity contribution is -0.124. The Hall–Kier alpha value is -0.210. The summed E-state index contributed by atoms with van der Waals surface area (Å²) in [6.45, 7) is 7.05. The second kappa shape index (κ2) is 10.7. The molecule has 1 amide bonds. The molecule has 1 unspecified atom stereocenters. The molecule has 2 N–H and O–H groups in total. The summed E-state index contributed by atoms with van der Waals surface area (Å²) in [5, 5.41) is 5.50. The van der Waals surface area contributed by atoms with Crippen LogP contribution in [0.4, 0.5) is 8.78 Å². The molecule has 5 nitrogen and oxygen atoms in total. The number of ether oxygens (including phenoxy) is 1. The molecule has 1 atom stereocenters. The highest BCUT2D eigenvalue weighted by Gasteiger charge is 2.42. The molecular weight excluding hydrogens is 363 g/mol. The van der Waals surface area contributed by atoms with Gasteiger partial charge in [0, 0.05) is 32.1 Å². The molecular formula is C15H29Cl2F2N3O2. The molecule has 144 valence electrons. The monoisotopic (exact) mass is 391 g/mol. The van der Waals surface area contributed by atoms with Crippen LogP contribution >= 0.6 is 24.8 Å². The van der Waals surface area contributed by atoms with Crippen LogP contribution in [0.15, 0.2) is 0 Å². The van der Waals surface area contributed by atoms with E-state index in [2.05, 4.69) is 15.5 Å². The van der Waals surface area contributed by atoms with Gasteiger partial charge in [0.25, 0.3) is 5.92 Å². The SMILES string of the molecule is CC(C)OCCN1CCC(NC(=O)C2CC(F)(F)CN2)CC1.Cl.Cl. The Bertz CT molecular complexity index is 382. The van der Waals surface area contributed by atoms with E-state index in [1.807, 2.05) is 13.8 Å². The summed E-state index contributed by atoms with van der Waals surface area (Å²) in [5.41, 5.74) is 0. The van der Waals surface area contributed by atoms with Crippen molar-refractivity contribution in [3.8, 4) is 0 Å². The third-order valence-electron chi connectivity index (χ3n) is 4.22. The summed E-state index contributed by atoms with van der Waals surface area (Å²) in [6, 6.07) is -0.668. The van der Waals surface area contributed by atoms with Gasteiger partial charge in [-0.25, -0.2) is 8.78 Å². The highest BCUT2D eigenvalue weighted by atomic mass is 35.5. The Labute approximate surface area is 155 Å². The van der Waals surface area contributed by atoms with E-state index in [4.69, 9.17) is 4.74 Å². The molecule has 0 aromatic rings. The fraction of sp³-hybridized carbons (Fsp3) is 0.933. The number of amides is 1. The zero-order valence-corrected chi connectivity index (χ0v) is 15.9. The van der Waals surface area contributed by atoms with E-state index >= 15 is 0 Å². The Morgan fingerprint density at radius 2 is 1.96 bits per heavy atom. The van der Waals surface area contributed by atoms with E-state index in [1.165, 1.54) is 0 Å². The van der Waals surface area contributed by atoms with Crippen LogP contribution in [-0.2, 0) is 9.53 Å². The molecule has 9 heteroatoms. The summed E-state index contributed by atoms with van der Waals surface area (Å²) in [4.78, 5) is 14.3. The second-order valence-electron chi connectivity index (χ2n) is 6.54. The number of carbonyl (C=O) groups excluding carboxylic acids is 1. The first-order valence-electron chi connectivity index (χ1n) is 8.11. The third kappa shape index (κ3) is 7.78. The maximum atomic E-state index is 13.1. The van der Waals surface area contributed by atoms with Crippen LogP contribution in [0.5, 0.6) is 0 Å². The number of nitrogens with one attached hydrogen (secondary N) is 2. The maximum Gasteiger partial charge on any atom is 0.262 e. The van der Waals surface area contributed by atoms with Crippen molar-refractivity contribution in [2.45, 2.75) is 57.2 Å². The predicted molar refractivity (Wildman–Crippen MR) is 94.5 cm³/mol. The third-order valence-corrected chi connectivity index (χ3v) is 4.22. The first-order chi connectivity index (χ1) is 10.4. The zero-order chi connectivity index (χ0) is 16.2. The molecule has 0 aromatic carbocycles. The van der Waals surface area contributed by atoms with Gasteiger partial charge in [0.1, 0.15) is 0 Å².